The van der Waals surface area contributed by atoms with Crippen molar-refractivity contribution in [3.05, 3.63) is 21.3 Å². The van der Waals surface area contributed by atoms with Crippen LogP contribution in [0.5, 0.6) is 0 Å². The maximum atomic E-state index is 12.0. The van der Waals surface area contributed by atoms with Crippen molar-refractivity contribution in [3.8, 4) is 0 Å². The Morgan fingerprint density at radius 2 is 1.85 bits per heavy atom. The summed E-state index contributed by atoms with van der Waals surface area (Å²) >= 11 is 10.5. The Bertz CT molecular complexity index is 689. The van der Waals surface area contributed by atoms with Crippen LogP contribution in [0.4, 0.5) is 0 Å². The molecule has 3 aliphatic heterocycles. The van der Waals surface area contributed by atoms with Crippen molar-refractivity contribution in [1.82, 2.24) is 21.3 Å². The van der Waals surface area contributed by atoms with Gasteiger partial charge < -0.3 is 66.5 Å². The van der Waals surface area contributed by atoms with E-state index in [0.717, 1.165) is 0 Å². The fraction of sp³-hybridized carbons (Fsp3) is 0.500. The largest absolute Gasteiger partial charge is 2.00 e. The molecule has 0 aliphatic carbocycles. The first-order valence-electron chi connectivity index (χ1n) is 6.69. The van der Waals surface area contributed by atoms with E-state index >= 15 is 0 Å². The second-order valence-electron chi connectivity index (χ2n) is 5.17. The molecule has 4 atom stereocenters. The third-order valence-corrected chi connectivity index (χ3v) is 5.05. The summed E-state index contributed by atoms with van der Waals surface area (Å²) in [5, 5.41) is 11.2. The summed E-state index contributed by atoms with van der Waals surface area (Å²) in [4.78, 5) is 30.0. The van der Waals surface area contributed by atoms with Gasteiger partial charge in [0.15, 0.2) is 12.5 Å². The number of fused-ring (bicyclic) bond motifs is 1. The van der Waals surface area contributed by atoms with Gasteiger partial charge in [-0.1, -0.05) is 0 Å². The van der Waals surface area contributed by atoms with E-state index in [1.165, 1.54) is 0 Å². The van der Waals surface area contributed by atoms with Gasteiger partial charge in [-0.05, 0) is 0 Å². The van der Waals surface area contributed by atoms with Crippen molar-refractivity contribution >= 4 is 39.0 Å². The van der Waals surface area contributed by atoms with E-state index in [2.05, 4.69) is 25.8 Å². The van der Waals surface area contributed by atoms with Crippen LogP contribution in [0.15, 0.2) is 21.3 Å². The van der Waals surface area contributed by atoms with E-state index in [0.29, 0.717) is 10.7 Å². The molecule has 0 saturated heterocycles. The summed E-state index contributed by atoms with van der Waals surface area (Å²) in [5.41, 5.74) is 5.85. The molecule has 0 aromatic rings. The van der Waals surface area contributed by atoms with Gasteiger partial charge in [0, 0.05) is 0 Å². The number of hydrogen-bond acceptors (Lipinski definition) is 10. The Labute approximate surface area is 173 Å². The molecular formula is C10H16MoN5O7PS2. The predicted molar refractivity (Wildman–Crippen MR) is 88.4 cm³/mol. The zero-order valence-electron chi connectivity index (χ0n) is 12.8. The monoisotopic (exact) mass is 511 g/mol. The van der Waals surface area contributed by atoms with Crippen LogP contribution < -0.4 is 27.0 Å². The maximum absolute atomic E-state index is 12.0. The molecule has 0 aromatic carbocycles. The number of hydrogen-bond donors (Lipinski definition) is 7. The number of carbonyl (C=O) groups excluding carboxylic acids is 1. The van der Waals surface area contributed by atoms with E-state index in [1.54, 1.807) is 0 Å². The SMILES string of the molecule is NC1NC(=O)C2=C(N1)N[C@@H]1O[C@H](COP(=O)(O)O)C([S-])=C([S-])[C@@H]1N2.O.[Mo+2]. The standard InChI is InChI=1S/C10H16N5O6PS2.Mo.H2O/c11-10-14-7-4(8(16)15-10)12-3-6(24)5(23)2(21-9(3)13-7)1-20-22(17,18)19;;/h2-3,9-10,12-14,23-24H,1,11H2,(H,15,16)(H2,17,18,19);;1H2/q;+2;/p-2/t2-,3+,9-,10?;;/m1../s1. The summed E-state index contributed by atoms with van der Waals surface area (Å²) in [6.45, 7) is -0.451. The number of amides is 1. The molecule has 10 N–H and O–H groups in total. The van der Waals surface area contributed by atoms with Crippen LogP contribution in [-0.4, -0.2) is 52.4 Å². The third kappa shape index (κ3) is 4.84. The van der Waals surface area contributed by atoms with Gasteiger partial charge in [0.2, 0.25) is 0 Å². The van der Waals surface area contributed by atoms with Gasteiger partial charge in [-0.3, -0.25) is 15.1 Å². The van der Waals surface area contributed by atoms with E-state index in [-0.39, 0.29) is 37.1 Å². The van der Waals surface area contributed by atoms with E-state index < -0.39 is 45.0 Å². The average molecular weight is 509 g/mol. The molecule has 3 heterocycles. The number of carbonyl (C=O) groups is 1. The average Bonchev–Trinajstić information content (AvgIpc) is 2.47. The molecule has 0 bridgehead atoms. The summed E-state index contributed by atoms with van der Waals surface area (Å²) < 4.78 is 21.0. The van der Waals surface area contributed by atoms with Gasteiger partial charge >= 0.3 is 28.9 Å². The quantitative estimate of drug-likeness (QED) is 0.111. The Balaban J connectivity index is 0.00000169. The second kappa shape index (κ2) is 8.65. The van der Waals surface area contributed by atoms with Gasteiger partial charge in [-0.25, -0.2) is 4.57 Å². The minimum atomic E-state index is -4.67. The number of rotatable bonds is 3. The zero-order chi connectivity index (χ0) is 17.6. The number of phosphoric ester groups is 1. The van der Waals surface area contributed by atoms with Crippen molar-refractivity contribution in [2.24, 2.45) is 5.73 Å². The fourth-order valence-corrected chi connectivity index (χ4v) is 3.34. The summed E-state index contributed by atoms with van der Waals surface area (Å²) in [6.07, 6.45) is -2.41. The molecule has 26 heavy (non-hydrogen) atoms. The number of ether oxygens (including phenoxy) is 1. The van der Waals surface area contributed by atoms with Gasteiger partial charge in [-0.2, -0.15) is 9.81 Å². The van der Waals surface area contributed by atoms with Crippen LogP contribution in [0.2, 0.25) is 0 Å². The second-order valence-corrected chi connectivity index (χ2v) is 7.29. The molecule has 0 fully saturated rings. The fourth-order valence-electron chi connectivity index (χ4n) is 2.45. The van der Waals surface area contributed by atoms with Crippen LogP contribution in [0.25, 0.3) is 0 Å². The van der Waals surface area contributed by atoms with Crippen LogP contribution in [0.1, 0.15) is 0 Å². The van der Waals surface area contributed by atoms with Crippen molar-refractivity contribution in [3.63, 3.8) is 0 Å². The normalized spacial score (nSPS) is 30.3. The molecule has 1 amide bonds. The number of phosphoric acid groups is 1. The smallest absolute Gasteiger partial charge is 0.783 e. The van der Waals surface area contributed by atoms with Crippen LogP contribution >= 0.6 is 7.82 Å². The third-order valence-electron chi connectivity index (χ3n) is 3.48. The molecule has 1 unspecified atom stereocenters. The predicted octanol–water partition coefficient (Wildman–Crippen LogP) is -4.01. The molecule has 0 aromatic heterocycles. The Hall–Kier alpha value is -0.532. The number of nitrogens with two attached hydrogens (primary N) is 1. The van der Waals surface area contributed by atoms with E-state index in [1.807, 2.05) is 0 Å². The van der Waals surface area contributed by atoms with Gasteiger partial charge in [-0.15, -0.1) is 0 Å². The zero-order valence-corrected chi connectivity index (χ0v) is 17.3. The Morgan fingerprint density at radius 3 is 2.46 bits per heavy atom. The Morgan fingerprint density at radius 1 is 1.19 bits per heavy atom. The van der Waals surface area contributed by atoms with Crippen molar-refractivity contribution in [2.45, 2.75) is 24.7 Å². The molecule has 16 heteroatoms. The van der Waals surface area contributed by atoms with E-state index in [9.17, 15) is 9.36 Å². The first-order valence-corrected chi connectivity index (χ1v) is 9.04. The molecular weight excluding hydrogens is 493 g/mol. The minimum Gasteiger partial charge on any atom is -0.783 e. The minimum absolute atomic E-state index is 0. The van der Waals surface area contributed by atoms with Crippen LogP contribution in [-0.2, 0) is 64.9 Å². The van der Waals surface area contributed by atoms with Crippen molar-refractivity contribution < 1.29 is 54.9 Å². The van der Waals surface area contributed by atoms with Crippen molar-refractivity contribution in [1.29, 1.82) is 0 Å². The number of nitrogens with one attached hydrogen (secondary N) is 4. The maximum Gasteiger partial charge on any atom is 2.00 e. The molecule has 0 radical (unpaired) electrons. The van der Waals surface area contributed by atoms with Crippen LogP contribution in [0.3, 0.4) is 0 Å². The van der Waals surface area contributed by atoms with Gasteiger partial charge in [0.05, 0.1) is 18.8 Å². The van der Waals surface area contributed by atoms with Gasteiger partial charge in [0.25, 0.3) is 5.91 Å². The summed E-state index contributed by atoms with van der Waals surface area (Å²) in [7, 11) is -4.67. The molecule has 3 rings (SSSR count). The molecule has 0 spiro atoms. The topological polar surface area (TPSA) is 199 Å². The first kappa shape index (κ1) is 23.5. The first-order chi connectivity index (χ1) is 11.2. The summed E-state index contributed by atoms with van der Waals surface area (Å²) in [5.74, 6) is -0.0827. The Kier molecular flexibility index (Phi) is 7.82. The summed E-state index contributed by atoms with van der Waals surface area (Å²) in [6, 6.07) is -0.598. The van der Waals surface area contributed by atoms with Gasteiger partial charge in [0.1, 0.15) is 11.5 Å². The van der Waals surface area contributed by atoms with E-state index in [4.69, 9.17) is 45.5 Å². The molecule has 146 valence electrons. The molecule has 12 nitrogen and oxygen atoms in total. The molecule has 3 aliphatic rings. The van der Waals surface area contributed by atoms with Crippen LogP contribution in [0, 0.1) is 0 Å². The molecule has 0 saturated carbocycles. The van der Waals surface area contributed by atoms with Crippen molar-refractivity contribution in [2.75, 3.05) is 6.61 Å².